The highest BCUT2D eigenvalue weighted by Gasteiger charge is 2.22. The van der Waals surface area contributed by atoms with Crippen LogP contribution in [0.5, 0.6) is 0 Å². The molecule has 0 bridgehead atoms. The number of thiazole rings is 1. The van der Waals surface area contributed by atoms with Crippen molar-refractivity contribution >= 4 is 38.1 Å². The molecule has 0 spiro atoms. The lowest BCUT2D eigenvalue weighted by Gasteiger charge is -2.22. The molecule has 3 aromatic rings. The minimum absolute atomic E-state index is 0.0453. The van der Waals surface area contributed by atoms with Crippen molar-refractivity contribution < 1.29 is 22.0 Å². The number of hydrogen-bond donors (Lipinski definition) is 1. The number of anilines is 2. The first kappa shape index (κ1) is 20.9. The lowest BCUT2D eigenvalue weighted by atomic mass is 10.2. The van der Waals surface area contributed by atoms with Crippen LogP contribution in [0.25, 0.3) is 0 Å². The molecule has 1 amide bonds. The second kappa shape index (κ2) is 8.26. The van der Waals surface area contributed by atoms with Crippen molar-refractivity contribution in [3.8, 4) is 0 Å². The first-order chi connectivity index (χ1) is 13.6. The molecule has 1 N–H and O–H groups in total. The summed E-state index contributed by atoms with van der Waals surface area (Å²) in [4.78, 5) is 18.6. The normalized spacial score (nSPS) is 11.3. The summed E-state index contributed by atoms with van der Waals surface area (Å²) in [7, 11) is -3.75. The molecule has 0 saturated carbocycles. The maximum absolute atomic E-state index is 13.8. The van der Waals surface area contributed by atoms with Gasteiger partial charge in [-0.1, -0.05) is 30.3 Å². The van der Waals surface area contributed by atoms with Crippen molar-refractivity contribution in [1.29, 1.82) is 0 Å². The number of amides is 1. The zero-order chi connectivity index (χ0) is 21.2. The second-order valence-electron chi connectivity index (χ2n) is 6.27. The summed E-state index contributed by atoms with van der Waals surface area (Å²) >= 11 is 1.14. The van der Waals surface area contributed by atoms with E-state index in [2.05, 4.69) is 4.98 Å². The molecule has 152 valence electrons. The third kappa shape index (κ3) is 5.15. The number of benzene rings is 2. The van der Waals surface area contributed by atoms with Gasteiger partial charge in [0.15, 0.2) is 16.8 Å². The maximum Gasteiger partial charge on any atom is 0.284 e. The Balaban J connectivity index is 2.03. The predicted molar refractivity (Wildman–Crippen MR) is 108 cm³/mol. The highest BCUT2D eigenvalue weighted by atomic mass is 32.2. The topological polar surface area (TPSA) is 79.4 Å². The molecule has 0 atom stereocenters. The Morgan fingerprint density at radius 2 is 1.83 bits per heavy atom. The van der Waals surface area contributed by atoms with Crippen LogP contribution in [0.1, 0.15) is 20.9 Å². The van der Waals surface area contributed by atoms with E-state index >= 15 is 0 Å². The highest BCUT2D eigenvalue weighted by molar-refractivity contribution is 7.89. The van der Waals surface area contributed by atoms with Gasteiger partial charge in [-0.25, -0.2) is 26.9 Å². The standard InChI is InChI=1S/C19H17F2N3O3S2/c1-12-17(18(25)23-29(2,26)27)22-19(28-12)24(11-13-6-4-3-5-7-13)14-8-9-15(20)16(21)10-14/h3-10H,11H2,1-2H3,(H,23,25). The molecule has 0 unspecified atom stereocenters. The molecule has 10 heteroatoms. The van der Waals surface area contributed by atoms with E-state index in [0.29, 0.717) is 15.7 Å². The number of aryl methyl sites for hydroxylation is 1. The van der Waals surface area contributed by atoms with Crippen LogP contribution in [0.2, 0.25) is 0 Å². The number of sulfonamides is 1. The molecule has 6 nitrogen and oxygen atoms in total. The van der Waals surface area contributed by atoms with Crippen LogP contribution in [-0.4, -0.2) is 25.6 Å². The van der Waals surface area contributed by atoms with Gasteiger partial charge in [0.1, 0.15) is 5.69 Å². The zero-order valence-electron chi connectivity index (χ0n) is 15.5. The molecule has 0 saturated heterocycles. The van der Waals surface area contributed by atoms with E-state index in [4.69, 9.17) is 0 Å². The third-order valence-electron chi connectivity index (χ3n) is 3.91. The first-order valence-electron chi connectivity index (χ1n) is 8.40. The Hall–Kier alpha value is -2.85. The van der Waals surface area contributed by atoms with Gasteiger partial charge in [0.05, 0.1) is 12.8 Å². The van der Waals surface area contributed by atoms with Crippen LogP contribution < -0.4 is 9.62 Å². The molecular formula is C19H17F2N3O3S2. The SMILES string of the molecule is Cc1sc(N(Cc2ccccc2)c2ccc(F)c(F)c2)nc1C(=O)NS(C)(=O)=O. The zero-order valence-corrected chi connectivity index (χ0v) is 17.2. The number of carbonyl (C=O) groups excluding carboxylic acids is 1. The fourth-order valence-corrected chi connectivity index (χ4v) is 3.97. The predicted octanol–water partition coefficient (Wildman–Crippen LogP) is 3.76. The molecule has 0 fully saturated rings. The molecule has 0 aliphatic rings. The minimum atomic E-state index is -3.75. The molecule has 0 radical (unpaired) electrons. The molecule has 29 heavy (non-hydrogen) atoms. The Labute approximate surface area is 170 Å². The van der Waals surface area contributed by atoms with E-state index in [0.717, 1.165) is 35.3 Å². The van der Waals surface area contributed by atoms with Gasteiger partial charge in [-0.2, -0.15) is 0 Å². The number of halogens is 2. The van der Waals surface area contributed by atoms with E-state index in [1.54, 1.807) is 11.8 Å². The van der Waals surface area contributed by atoms with Crippen molar-refractivity contribution in [3.63, 3.8) is 0 Å². The number of carbonyl (C=O) groups is 1. The fourth-order valence-electron chi connectivity index (χ4n) is 2.61. The number of hydrogen-bond acceptors (Lipinski definition) is 6. The van der Waals surface area contributed by atoms with E-state index < -0.39 is 27.6 Å². The Morgan fingerprint density at radius 3 is 2.45 bits per heavy atom. The summed E-state index contributed by atoms with van der Waals surface area (Å²) in [6.45, 7) is 1.91. The molecule has 2 aromatic carbocycles. The molecule has 0 aliphatic carbocycles. The fraction of sp³-hybridized carbons (Fsp3) is 0.158. The highest BCUT2D eigenvalue weighted by Crippen LogP contribution is 2.33. The van der Waals surface area contributed by atoms with Gasteiger partial charge in [-0.05, 0) is 24.6 Å². The molecular weight excluding hydrogens is 420 g/mol. The number of aromatic nitrogens is 1. The van der Waals surface area contributed by atoms with Crippen molar-refractivity contribution in [2.45, 2.75) is 13.5 Å². The van der Waals surface area contributed by atoms with Crippen molar-refractivity contribution in [2.24, 2.45) is 0 Å². The lowest BCUT2D eigenvalue weighted by Crippen LogP contribution is -2.30. The van der Waals surface area contributed by atoms with Crippen LogP contribution in [-0.2, 0) is 16.6 Å². The number of nitrogens with zero attached hydrogens (tertiary/aromatic N) is 2. The molecule has 1 heterocycles. The van der Waals surface area contributed by atoms with Gasteiger partial charge in [-0.3, -0.25) is 4.79 Å². The van der Waals surface area contributed by atoms with Gasteiger partial charge in [0.25, 0.3) is 5.91 Å². The summed E-state index contributed by atoms with van der Waals surface area (Å²) in [6.07, 6.45) is 0.872. The van der Waals surface area contributed by atoms with Crippen LogP contribution >= 0.6 is 11.3 Å². The number of rotatable bonds is 6. The van der Waals surface area contributed by atoms with E-state index in [9.17, 15) is 22.0 Å². The van der Waals surface area contributed by atoms with E-state index in [1.165, 1.54) is 6.07 Å². The molecule has 1 aromatic heterocycles. The third-order valence-corrected chi connectivity index (χ3v) is 5.46. The quantitative estimate of drug-likeness (QED) is 0.635. The Kier molecular flexibility index (Phi) is 5.94. The number of nitrogens with one attached hydrogen (secondary N) is 1. The van der Waals surface area contributed by atoms with Gasteiger partial charge in [0.2, 0.25) is 10.0 Å². The monoisotopic (exact) mass is 437 g/mol. The van der Waals surface area contributed by atoms with Crippen molar-refractivity contribution in [1.82, 2.24) is 9.71 Å². The Morgan fingerprint density at radius 1 is 1.14 bits per heavy atom. The largest absolute Gasteiger partial charge is 0.313 e. The second-order valence-corrected chi connectivity index (χ2v) is 9.20. The van der Waals surface area contributed by atoms with Crippen molar-refractivity contribution in [2.75, 3.05) is 11.2 Å². The average molecular weight is 437 g/mol. The lowest BCUT2D eigenvalue weighted by molar-refractivity contribution is 0.0977. The molecule has 3 rings (SSSR count). The van der Waals surface area contributed by atoms with E-state index in [-0.39, 0.29) is 12.2 Å². The average Bonchev–Trinajstić information content (AvgIpc) is 3.03. The summed E-state index contributed by atoms with van der Waals surface area (Å²) in [5.41, 5.74) is 1.18. The summed E-state index contributed by atoms with van der Waals surface area (Å²) < 4.78 is 51.8. The summed E-state index contributed by atoms with van der Waals surface area (Å²) in [5.74, 6) is -2.83. The van der Waals surface area contributed by atoms with E-state index in [1.807, 2.05) is 35.1 Å². The van der Waals surface area contributed by atoms with Crippen LogP contribution in [0.4, 0.5) is 19.6 Å². The smallest absolute Gasteiger partial charge is 0.284 e. The maximum atomic E-state index is 13.8. The Bertz CT molecular complexity index is 1150. The van der Waals surface area contributed by atoms with Crippen LogP contribution in [0.3, 0.4) is 0 Å². The minimum Gasteiger partial charge on any atom is -0.313 e. The van der Waals surface area contributed by atoms with Crippen LogP contribution in [0.15, 0.2) is 48.5 Å². The van der Waals surface area contributed by atoms with Crippen molar-refractivity contribution in [3.05, 3.63) is 76.3 Å². The van der Waals surface area contributed by atoms with Gasteiger partial charge < -0.3 is 4.90 Å². The summed E-state index contributed by atoms with van der Waals surface area (Å²) in [5, 5.41) is 0.344. The van der Waals surface area contributed by atoms with Gasteiger partial charge >= 0.3 is 0 Å². The first-order valence-corrected chi connectivity index (χ1v) is 11.1. The van der Waals surface area contributed by atoms with Crippen LogP contribution in [0, 0.1) is 18.6 Å². The van der Waals surface area contributed by atoms with Gasteiger partial charge in [-0.15, -0.1) is 11.3 Å². The van der Waals surface area contributed by atoms with Gasteiger partial charge in [0, 0.05) is 16.6 Å². The summed E-state index contributed by atoms with van der Waals surface area (Å²) in [6, 6.07) is 12.7. The molecule has 0 aliphatic heterocycles.